The fourth-order valence-corrected chi connectivity index (χ4v) is 1.73. The van der Waals surface area contributed by atoms with Crippen LogP contribution in [0.25, 0.3) is 0 Å². The number of nitrogens with zero attached hydrogens (tertiary/aromatic N) is 2. The third kappa shape index (κ3) is 2.36. The second-order valence-electron chi connectivity index (χ2n) is 3.77. The number of hydrogen-bond donors (Lipinski definition) is 4. The highest BCUT2D eigenvalue weighted by atomic mass is 16.6. The van der Waals surface area contributed by atoms with Gasteiger partial charge in [-0.15, -0.1) is 0 Å². The zero-order valence-electron chi connectivity index (χ0n) is 8.80. The lowest BCUT2D eigenvalue weighted by atomic mass is 10.1. The lowest BCUT2D eigenvalue weighted by molar-refractivity contribution is -0.0549. The fraction of sp³-hybridized carbons (Fsp3) is 0.600. The molecule has 0 radical (unpaired) electrons. The van der Waals surface area contributed by atoms with Gasteiger partial charge in [0.15, 0.2) is 6.23 Å². The van der Waals surface area contributed by atoms with Crippen molar-refractivity contribution in [3.63, 3.8) is 0 Å². The minimum atomic E-state index is -1.31. The molecule has 1 unspecified atom stereocenters. The number of rotatable bonds is 2. The van der Waals surface area contributed by atoms with Crippen LogP contribution in [0.3, 0.4) is 0 Å². The van der Waals surface area contributed by atoms with E-state index in [2.05, 4.69) is 4.98 Å². The quantitative estimate of drug-likeness (QED) is 0.486. The Labute approximate surface area is 103 Å². The highest BCUT2D eigenvalue weighted by Gasteiger charge is 2.43. The summed E-state index contributed by atoms with van der Waals surface area (Å²) in [6.45, 7) is -0.453. The van der Waals surface area contributed by atoms with E-state index < -0.39 is 36.8 Å². The fourth-order valence-electron chi connectivity index (χ4n) is 1.73. The summed E-state index contributed by atoms with van der Waals surface area (Å²) >= 11 is 0. The summed E-state index contributed by atoms with van der Waals surface area (Å²) in [4.78, 5) is 15.0. The number of aliphatic hydroxyl groups excluding tert-OH is 3. The normalized spacial score (nSPS) is 31.1. The molecule has 1 fully saturated rings. The first-order valence-corrected chi connectivity index (χ1v) is 5.01. The van der Waals surface area contributed by atoms with Gasteiger partial charge in [0.05, 0.1) is 6.61 Å². The Morgan fingerprint density at radius 2 is 2.11 bits per heavy atom. The van der Waals surface area contributed by atoms with E-state index in [-0.39, 0.29) is 13.2 Å². The van der Waals surface area contributed by atoms with Crippen LogP contribution in [0, 0.1) is 0 Å². The zero-order valence-corrected chi connectivity index (χ0v) is 8.80. The number of anilines is 1. The van der Waals surface area contributed by atoms with E-state index in [0.29, 0.717) is 0 Å². The molecule has 1 aromatic heterocycles. The highest BCUT2D eigenvalue weighted by Crippen LogP contribution is 2.27. The van der Waals surface area contributed by atoms with Crippen molar-refractivity contribution in [1.82, 2.24) is 9.55 Å². The van der Waals surface area contributed by atoms with Crippen LogP contribution in [-0.2, 0) is 4.74 Å². The summed E-state index contributed by atoms with van der Waals surface area (Å²) in [5.74, 6) is 0.0537. The summed E-state index contributed by atoms with van der Waals surface area (Å²) < 4.78 is 6.19. The molecule has 1 aliphatic heterocycles. The topological polar surface area (TPSA) is 131 Å². The number of aliphatic hydroxyl groups is 3. The molecule has 8 nitrogen and oxygen atoms in total. The van der Waals surface area contributed by atoms with Crippen LogP contribution in [0.4, 0.5) is 5.82 Å². The van der Waals surface area contributed by atoms with Crippen LogP contribution in [0.1, 0.15) is 13.7 Å². The van der Waals surface area contributed by atoms with Crippen molar-refractivity contribution >= 4 is 5.82 Å². The van der Waals surface area contributed by atoms with Crippen molar-refractivity contribution < 1.29 is 20.1 Å². The number of hydrogen-bond acceptors (Lipinski definition) is 7. The van der Waals surface area contributed by atoms with Gasteiger partial charge in [0, 0.05) is 6.20 Å². The molecule has 0 aromatic carbocycles. The maximum Gasteiger partial charge on any atom is 0.351 e. The van der Waals surface area contributed by atoms with E-state index in [1.807, 2.05) is 0 Å². The van der Waals surface area contributed by atoms with Crippen molar-refractivity contribution in [3.8, 4) is 0 Å². The molecule has 1 aliphatic rings. The molecule has 2 heterocycles. The van der Waals surface area contributed by atoms with Crippen molar-refractivity contribution in [2.24, 2.45) is 0 Å². The van der Waals surface area contributed by atoms with E-state index in [1.54, 1.807) is 0 Å². The highest BCUT2D eigenvalue weighted by molar-refractivity contribution is 5.23. The van der Waals surface area contributed by atoms with Crippen LogP contribution in [0.15, 0.2) is 17.1 Å². The molecule has 102 valence electrons. The van der Waals surface area contributed by atoms with Gasteiger partial charge in [0.25, 0.3) is 0 Å². The SMILES string of the molecule is C.Nc1ccn([C@@H]2O[C@H](CO)C(O)[C@H]2O)c(=O)n1. The largest absolute Gasteiger partial charge is 0.394 e. The first-order chi connectivity index (χ1) is 8.04. The molecule has 5 N–H and O–H groups in total. The Hall–Kier alpha value is -1.48. The molecule has 1 saturated heterocycles. The lowest BCUT2D eigenvalue weighted by Gasteiger charge is -2.16. The van der Waals surface area contributed by atoms with Gasteiger partial charge in [-0.2, -0.15) is 4.98 Å². The molecule has 1 aromatic rings. The Kier molecular flexibility index (Phi) is 4.41. The van der Waals surface area contributed by atoms with E-state index in [4.69, 9.17) is 15.6 Å². The first-order valence-electron chi connectivity index (χ1n) is 5.01. The van der Waals surface area contributed by atoms with Crippen molar-refractivity contribution in [2.75, 3.05) is 12.3 Å². The van der Waals surface area contributed by atoms with Crippen LogP contribution in [0.2, 0.25) is 0 Å². The van der Waals surface area contributed by atoms with Gasteiger partial charge in [-0.1, -0.05) is 7.43 Å². The minimum Gasteiger partial charge on any atom is -0.394 e. The van der Waals surface area contributed by atoms with Gasteiger partial charge in [0.2, 0.25) is 0 Å². The van der Waals surface area contributed by atoms with Gasteiger partial charge >= 0.3 is 5.69 Å². The van der Waals surface area contributed by atoms with Crippen molar-refractivity contribution in [3.05, 3.63) is 22.7 Å². The van der Waals surface area contributed by atoms with E-state index >= 15 is 0 Å². The molecular formula is C10H17N3O5. The molecule has 8 heteroatoms. The van der Waals surface area contributed by atoms with Crippen molar-refractivity contribution in [2.45, 2.75) is 32.0 Å². The minimum absolute atomic E-state index is 0. The monoisotopic (exact) mass is 259 g/mol. The summed E-state index contributed by atoms with van der Waals surface area (Å²) in [5, 5.41) is 28.2. The van der Waals surface area contributed by atoms with E-state index in [1.165, 1.54) is 12.3 Å². The number of aromatic nitrogens is 2. The average molecular weight is 259 g/mol. The third-order valence-electron chi connectivity index (χ3n) is 2.64. The Balaban J connectivity index is 0.00000162. The number of nitrogen functional groups attached to an aromatic ring is 1. The predicted molar refractivity (Wildman–Crippen MR) is 62.6 cm³/mol. The molecule has 2 rings (SSSR count). The van der Waals surface area contributed by atoms with Crippen LogP contribution in [0.5, 0.6) is 0 Å². The summed E-state index contributed by atoms with van der Waals surface area (Å²) in [6.07, 6.45) is -3.27. The molecule has 0 aliphatic carbocycles. The number of nitrogens with two attached hydrogens (primary N) is 1. The number of ether oxygens (including phenoxy) is 1. The van der Waals surface area contributed by atoms with Gasteiger partial charge in [0.1, 0.15) is 24.1 Å². The zero-order chi connectivity index (χ0) is 12.6. The van der Waals surface area contributed by atoms with Gasteiger partial charge in [-0.3, -0.25) is 4.57 Å². The first kappa shape index (κ1) is 14.6. The Morgan fingerprint density at radius 3 is 2.61 bits per heavy atom. The Morgan fingerprint density at radius 1 is 1.44 bits per heavy atom. The van der Waals surface area contributed by atoms with Crippen LogP contribution in [-0.4, -0.2) is 49.8 Å². The molecule has 18 heavy (non-hydrogen) atoms. The van der Waals surface area contributed by atoms with Gasteiger partial charge in [-0.25, -0.2) is 4.79 Å². The average Bonchev–Trinajstić information content (AvgIpc) is 2.57. The second-order valence-corrected chi connectivity index (χ2v) is 3.77. The molecule has 0 spiro atoms. The molecule has 0 saturated carbocycles. The van der Waals surface area contributed by atoms with Crippen molar-refractivity contribution in [1.29, 1.82) is 0 Å². The van der Waals surface area contributed by atoms with Crippen LogP contribution < -0.4 is 11.4 Å². The standard InChI is InChI=1S/C9H13N3O5.CH4/c10-5-1-2-12(9(16)11-5)8-7(15)6(14)4(3-13)17-8;/h1-2,4,6-8,13-15H,3H2,(H2,10,11,16);1H4/t4-,6?,7-,8-;/m1./s1. The maximum atomic E-state index is 11.5. The third-order valence-corrected chi connectivity index (χ3v) is 2.64. The van der Waals surface area contributed by atoms with Gasteiger partial charge in [-0.05, 0) is 6.07 Å². The molecule has 0 amide bonds. The van der Waals surface area contributed by atoms with Crippen LogP contribution >= 0.6 is 0 Å². The van der Waals surface area contributed by atoms with E-state index in [9.17, 15) is 15.0 Å². The smallest absolute Gasteiger partial charge is 0.351 e. The van der Waals surface area contributed by atoms with E-state index in [0.717, 1.165) is 4.57 Å². The predicted octanol–water partition coefficient (Wildman–Crippen LogP) is -1.93. The van der Waals surface area contributed by atoms with Gasteiger partial charge < -0.3 is 25.8 Å². The molecule has 0 bridgehead atoms. The lowest BCUT2D eigenvalue weighted by Crippen LogP contribution is -2.36. The second kappa shape index (κ2) is 5.44. The maximum absolute atomic E-state index is 11.5. The molecule has 4 atom stereocenters. The summed E-state index contributed by atoms with van der Waals surface area (Å²) in [6, 6.07) is 1.37. The molecular weight excluding hydrogens is 242 g/mol. The Bertz CT molecular complexity index is 463. The summed E-state index contributed by atoms with van der Waals surface area (Å²) in [5.41, 5.74) is 4.63. The summed E-state index contributed by atoms with van der Waals surface area (Å²) in [7, 11) is 0.